The maximum atomic E-state index is 15.4. The number of halogens is 1. The summed E-state index contributed by atoms with van der Waals surface area (Å²) in [7, 11) is -1.53. The molecule has 0 bridgehead atoms. The summed E-state index contributed by atoms with van der Waals surface area (Å²) >= 11 is 0. The molecule has 192 valence electrons. The van der Waals surface area contributed by atoms with Gasteiger partial charge in [-0.3, -0.25) is 9.59 Å². The van der Waals surface area contributed by atoms with Crippen molar-refractivity contribution in [1.29, 1.82) is 0 Å². The second-order valence-electron chi connectivity index (χ2n) is 9.77. The summed E-state index contributed by atoms with van der Waals surface area (Å²) in [5, 5.41) is 2.39. The monoisotopic (exact) mass is 520 g/mol. The average Bonchev–Trinajstić information content (AvgIpc) is 3.72. The summed E-state index contributed by atoms with van der Waals surface area (Å²) in [6.45, 7) is 0.555. The molecule has 0 aromatic heterocycles. The van der Waals surface area contributed by atoms with Crippen LogP contribution >= 0.6 is 0 Å². The van der Waals surface area contributed by atoms with Crippen molar-refractivity contribution in [3.05, 3.63) is 94.6 Å². The molecule has 2 amide bonds. The zero-order chi connectivity index (χ0) is 26.1. The molecule has 3 aliphatic rings. The summed E-state index contributed by atoms with van der Waals surface area (Å²) in [6, 6.07) is 20.0. The van der Waals surface area contributed by atoms with Crippen LogP contribution in [0.5, 0.6) is 0 Å². The highest BCUT2D eigenvalue weighted by atomic mass is 32.2. The van der Waals surface area contributed by atoms with Crippen molar-refractivity contribution in [3.63, 3.8) is 0 Å². The third-order valence-electron chi connectivity index (χ3n) is 7.56. The quantitative estimate of drug-likeness (QED) is 0.566. The molecule has 5 rings (SSSR count). The predicted octanol–water partition coefficient (Wildman–Crippen LogP) is 3.59. The normalized spacial score (nSPS) is 21.4. The van der Waals surface area contributed by atoms with E-state index < -0.39 is 27.2 Å². The van der Waals surface area contributed by atoms with Gasteiger partial charge >= 0.3 is 0 Å². The van der Waals surface area contributed by atoms with E-state index >= 15 is 4.39 Å². The molecule has 2 aromatic carbocycles. The third-order valence-corrected chi connectivity index (χ3v) is 8.38. The Bertz CT molecular complexity index is 1360. The molecule has 2 aromatic rings. The molecule has 0 radical (unpaired) electrons. The van der Waals surface area contributed by atoms with Crippen LogP contribution in [0.3, 0.4) is 0 Å². The molecular formula is C29H29FN2O4S. The van der Waals surface area contributed by atoms with E-state index in [1.54, 1.807) is 4.90 Å². The summed E-state index contributed by atoms with van der Waals surface area (Å²) < 4.78 is 39.8. The van der Waals surface area contributed by atoms with Crippen molar-refractivity contribution in [2.45, 2.75) is 43.8 Å². The van der Waals surface area contributed by atoms with Crippen LogP contribution in [0.2, 0.25) is 0 Å². The Hall–Kier alpha value is -3.52. The van der Waals surface area contributed by atoms with Gasteiger partial charge in [0.25, 0.3) is 0 Å². The fraction of sp³-hybridized carbons (Fsp3) is 0.345. The van der Waals surface area contributed by atoms with Crippen LogP contribution in [0.15, 0.2) is 83.5 Å². The molecule has 2 atom stereocenters. The minimum absolute atomic E-state index is 0.0297. The van der Waals surface area contributed by atoms with E-state index in [1.165, 1.54) is 13.1 Å². The number of amides is 2. The molecule has 1 aliphatic heterocycles. The number of likely N-dealkylation sites (tertiary alicyclic amines) is 1. The van der Waals surface area contributed by atoms with Crippen LogP contribution < -0.4 is 5.32 Å². The highest BCUT2D eigenvalue weighted by Crippen LogP contribution is 2.44. The molecule has 1 saturated carbocycles. The van der Waals surface area contributed by atoms with Crippen LogP contribution in [0, 0.1) is 5.92 Å². The fourth-order valence-corrected chi connectivity index (χ4v) is 6.18. The summed E-state index contributed by atoms with van der Waals surface area (Å²) in [5.41, 5.74) is 2.78. The first-order chi connectivity index (χ1) is 17.9. The topological polar surface area (TPSA) is 83.6 Å². The molecule has 37 heavy (non-hydrogen) atoms. The first kappa shape index (κ1) is 25.1. The molecule has 2 fully saturated rings. The van der Waals surface area contributed by atoms with E-state index in [1.807, 2.05) is 36.4 Å². The largest absolute Gasteiger partial charge is 0.355 e. The zero-order valence-electron chi connectivity index (χ0n) is 20.6. The van der Waals surface area contributed by atoms with E-state index in [2.05, 4.69) is 29.6 Å². The lowest BCUT2D eigenvalue weighted by molar-refractivity contribution is -0.138. The van der Waals surface area contributed by atoms with Gasteiger partial charge in [-0.1, -0.05) is 60.7 Å². The van der Waals surface area contributed by atoms with E-state index in [0.29, 0.717) is 12.1 Å². The lowest BCUT2D eigenvalue weighted by Crippen LogP contribution is -2.54. The second kappa shape index (κ2) is 10.5. The van der Waals surface area contributed by atoms with Gasteiger partial charge in [-0.15, -0.1) is 0 Å². The number of rotatable bonds is 7. The third kappa shape index (κ3) is 4.90. The smallest absolute Gasteiger partial charge is 0.250 e. The zero-order valence-corrected chi connectivity index (χ0v) is 21.4. The number of benzene rings is 2. The summed E-state index contributed by atoms with van der Waals surface area (Å²) in [6.07, 6.45) is 1.60. The lowest BCUT2D eigenvalue weighted by atomic mass is 9.78. The van der Waals surface area contributed by atoms with Gasteiger partial charge in [-0.2, -0.15) is 8.42 Å². The molecule has 1 N–H and O–H groups in total. The van der Waals surface area contributed by atoms with E-state index in [-0.39, 0.29) is 41.4 Å². The van der Waals surface area contributed by atoms with Gasteiger partial charge in [-0.25, -0.2) is 4.39 Å². The molecule has 0 spiro atoms. The van der Waals surface area contributed by atoms with Crippen LogP contribution in [-0.4, -0.2) is 55.8 Å². The van der Waals surface area contributed by atoms with Crippen molar-refractivity contribution in [1.82, 2.24) is 10.2 Å². The average molecular weight is 521 g/mol. The number of nitrogens with one attached hydrogen (secondary N) is 1. The van der Waals surface area contributed by atoms with Gasteiger partial charge < -0.3 is 10.2 Å². The summed E-state index contributed by atoms with van der Waals surface area (Å²) in [4.78, 5) is 27.2. The van der Waals surface area contributed by atoms with Crippen LogP contribution in [-0.2, 0) is 19.9 Å². The first-order valence-electron chi connectivity index (χ1n) is 12.6. The highest BCUT2D eigenvalue weighted by molar-refractivity contribution is 7.73. The van der Waals surface area contributed by atoms with Crippen molar-refractivity contribution < 1.29 is 22.4 Å². The molecular weight excluding hydrogens is 491 g/mol. The van der Waals surface area contributed by atoms with Crippen LogP contribution in [0.25, 0.3) is 0 Å². The van der Waals surface area contributed by atoms with Crippen LogP contribution in [0.1, 0.15) is 42.7 Å². The molecule has 2 unspecified atom stereocenters. The fourth-order valence-electron chi connectivity index (χ4n) is 5.50. The number of likely N-dealkylation sites (N-methyl/N-ethyl adjacent to an activating group) is 1. The number of nitrogens with zero attached hydrogens (tertiary/aromatic N) is 1. The highest BCUT2D eigenvalue weighted by Gasteiger charge is 2.43. The first-order valence-corrected chi connectivity index (χ1v) is 13.6. The number of carbonyl (C=O) groups is 2. The van der Waals surface area contributed by atoms with Gasteiger partial charge in [0.1, 0.15) is 4.86 Å². The van der Waals surface area contributed by atoms with Crippen molar-refractivity contribution in [3.8, 4) is 0 Å². The Labute approximate surface area is 217 Å². The molecule has 6 nitrogen and oxygen atoms in total. The maximum Gasteiger partial charge on any atom is 0.250 e. The number of alkyl halides is 1. The van der Waals surface area contributed by atoms with Crippen molar-refractivity contribution in [2.75, 3.05) is 13.6 Å². The van der Waals surface area contributed by atoms with Crippen LogP contribution in [0.4, 0.5) is 4.39 Å². The number of hydrogen-bond donors (Lipinski definition) is 1. The van der Waals surface area contributed by atoms with Gasteiger partial charge in [0.15, 0.2) is 6.17 Å². The van der Waals surface area contributed by atoms with Gasteiger partial charge in [-0.05, 0) is 53.5 Å². The van der Waals surface area contributed by atoms with Gasteiger partial charge in [0.05, 0.1) is 12.0 Å². The van der Waals surface area contributed by atoms with E-state index in [0.717, 1.165) is 30.4 Å². The molecule has 1 heterocycles. The Morgan fingerprint density at radius 3 is 2.05 bits per heavy atom. The number of hydrogen-bond acceptors (Lipinski definition) is 4. The van der Waals surface area contributed by atoms with Crippen molar-refractivity contribution >= 4 is 27.0 Å². The number of allylic oxidation sites excluding steroid dienone is 2. The standard InChI is InChI=1S/C29H29FN2O4S/c1-31-29(34)23-16-21(18-12-13-18)22(28(27(23)30)37(35)36)17-25(33)32-15-14-24(32)26(19-8-4-2-5-9-19)20-10-6-3-7-11-20/h2-11,16,18,24,26-27H,12-15,17H2,1H3,(H,31,34). The molecule has 2 aliphatic carbocycles. The number of carbonyl (C=O) groups excluding carboxylic acids is 2. The Kier molecular flexibility index (Phi) is 7.11. The van der Waals surface area contributed by atoms with E-state index in [9.17, 15) is 18.0 Å². The Balaban J connectivity index is 1.49. The van der Waals surface area contributed by atoms with Crippen molar-refractivity contribution in [2.24, 2.45) is 5.92 Å². The summed E-state index contributed by atoms with van der Waals surface area (Å²) in [5.74, 6) is -0.889. The minimum Gasteiger partial charge on any atom is -0.355 e. The SMILES string of the molecule is CNC(=O)C1=CC(C2CC2)=C(CC(=O)N2CCC2C(c2ccccc2)c2ccccc2)C(=S(=O)=O)C1F. The lowest BCUT2D eigenvalue weighted by Gasteiger charge is -2.46. The molecule has 8 heteroatoms. The Morgan fingerprint density at radius 1 is 1.00 bits per heavy atom. The van der Waals surface area contributed by atoms with E-state index in [4.69, 9.17) is 0 Å². The predicted molar refractivity (Wildman–Crippen MR) is 140 cm³/mol. The van der Waals surface area contributed by atoms with Gasteiger partial charge in [0.2, 0.25) is 22.1 Å². The minimum atomic E-state index is -2.91. The maximum absolute atomic E-state index is 15.4. The Morgan fingerprint density at radius 2 is 1.59 bits per heavy atom. The molecule has 1 saturated heterocycles. The van der Waals surface area contributed by atoms with Gasteiger partial charge in [0, 0.05) is 25.6 Å². The second-order valence-corrected chi connectivity index (χ2v) is 10.7.